The Morgan fingerprint density at radius 1 is 0.951 bits per heavy atom. The van der Waals surface area contributed by atoms with Crippen LogP contribution in [0.4, 0.5) is 8.78 Å². The number of thiophene rings is 1. The number of amides is 2. The summed E-state index contributed by atoms with van der Waals surface area (Å²) in [7, 11) is 0. The van der Waals surface area contributed by atoms with Crippen LogP contribution < -0.4 is 5.32 Å². The molecule has 0 spiro atoms. The van der Waals surface area contributed by atoms with Gasteiger partial charge in [-0.05, 0) is 86.0 Å². The fourth-order valence-corrected chi connectivity index (χ4v) is 4.82. The van der Waals surface area contributed by atoms with Crippen molar-refractivity contribution in [2.45, 2.75) is 59.5 Å². The Morgan fingerprint density at radius 3 is 2.17 bits per heavy atom. The first-order chi connectivity index (χ1) is 19.6. The lowest BCUT2D eigenvalue weighted by Gasteiger charge is -2.22. The Labute approximate surface area is 246 Å². The molecule has 224 valence electrons. The average Bonchev–Trinajstić information content (AvgIpc) is 3.44. The van der Waals surface area contributed by atoms with E-state index >= 15 is 0 Å². The van der Waals surface area contributed by atoms with Gasteiger partial charge in [0.2, 0.25) is 0 Å². The van der Waals surface area contributed by atoms with Gasteiger partial charge >= 0.3 is 0 Å². The van der Waals surface area contributed by atoms with Gasteiger partial charge in [-0.2, -0.15) is 0 Å². The van der Waals surface area contributed by atoms with E-state index in [4.69, 9.17) is 4.74 Å². The molecule has 0 radical (unpaired) electrons. The molecule has 0 aliphatic rings. The molecule has 0 fully saturated rings. The lowest BCUT2D eigenvalue weighted by atomic mass is 10.0. The van der Waals surface area contributed by atoms with Crippen LogP contribution in [0.2, 0.25) is 0 Å². The number of aliphatic hydroxyl groups excluding tert-OH is 1. The largest absolute Gasteiger partial charge is 0.391 e. The van der Waals surface area contributed by atoms with E-state index in [1.807, 2.05) is 43.2 Å². The summed E-state index contributed by atoms with van der Waals surface area (Å²) in [5.74, 6) is -1.39. The summed E-state index contributed by atoms with van der Waals surface area (Å²) in [4.78, 5) is 28.6. The Hall–Kier alpha value is -3.14. The van der Waals surface area contributed by atoms with Crippen LogP contribution in [0.15, 0.2) is 53.9 Å². The maximum Gasteiger partial charge on any atom is 0.253 e. The molecule has 1 aromatic heterocycles. The molecule has 3 aromatic rings. The molecular weight excluding hydrogens is 546 g/mol. The van der Waals surface area contributed by atoms with Gasteiger partial charge in [0.05, 0.1) is 12.7 Å². The number of benzene rings is 2. The van der Waals surface area contributed by atoms with Crippen molar-refractivity contribution in [3.8, 4) is 0 Å². The molecule has 2 aromatic carbocycles. The van der Waals surface area contributed by atoms with Crippen molar-refractivity contribution in [1.82, 2.24) is 10.2 Å². The Bertz CT molecular complexity index is 1160. The SMILES string of the molecule is CCCN(CCC)C(=O)c1cc(C)cc(C(=O)NCC(O)CCOCCc2cccs2)c1.Cc1cc(F)cc(F)c1. The van der Waals surface area contributed by atoms with Crippen LogP contribution in [0.25, 0.3) is 0 Å². The van der Waals surface area contributed by atoms with E-state index in [0.717, 1.165) is 30.9 Å². The highest BCUT2D eigenvalue weighted by Gasteiger charge is 2.17. The molecule has 2 N–H and O–H groups in total. The van der Waals surface area contributed by atoms with Crippen LogP contribution >= 0.6 is 11.3 Å². The van der Waals surface area contributed by atoms with Crippen LogP contribution in [0.3, 0.4) is 0 Å². The smallest absolute Gasteiger partial charge is 0.253 e. The van der Waals surface area contributed by atoms with Gasteiger partial charge < -0.3 is 20.1 Å². The second kappa shape index (κ2) is 18.3. The number of hydrogen-bond acceptors (Lipinski definition) is 5. The highest BCUT2D eigenvalue weighted by Crippen LogP contribution is 2.14. The summed E-state index contributed by atoms with van der Waals surface area (Å²) < 4.78 is 30.0. The van der Waals surface area contributed by atoms with Crippen molar-refractivity contribution in [3.63, 3.8) is 0 Å². The van der Waals surface area contributed by atoms with Gasteiger partial charge in [0.15, 0.2) is 0 Å². The molecule has 41 heavy (non-hydrogen) atoms. The van der Waals surface area contributed by atoms with E-state index in [2.05, 4.69) is 11.4 Å². The molecule has 0 aliphatic carbocycles. The van der Waals surface area contributed by atoms with E-state index in [1.165, 1.54) is 17.0 Å². The van der Waals surface area contributed by atoms with Gasteiger partial charge in [0, 0.05) is 54.7 Å². The van der Waals surface area contributed by atoms with E-state index in [1.54, 1.807) is 30.4 Å². The standard InChI is InChI=1S/C25H36N2O4S.C7H6F2/c1-4-10-27(11-5-2)25(30)21-16-19(3)15-20(17-21)24(29)26-18-22(28)8-12-31-13-9-23-7-6-14-32-23;1-5-2-6(8)4-7(9)3-5/h6-7,14-17,22,28H,4-5,8-13,18H2,1-3H3,(H,26,29);2-4H,1H3. The zero-order valence-corrected chi connectivity index (χ0v) is 25.2. The van der Waals surface area contributed by atoms with Crippen molar-refractivity contribution >= 4 is 23.2 Å². The first-order valence-corrected chi connectivity index (χ1v) is 14.9. The molecule has 6 nitrogen and oxygen atoms in total. The van der Waals surface area contributed by atoms with Crippen molar-refractivity contribution in [2.75, 3.05) is 32.8 Å². The van der Waals surface area contributed by atoms with Gasteiger partial charge in [-0.3, -0.25) is 9.59 Å². The highest BCUT2D eigenvalue weighted by molar-refractivity contribution is 7.09. The monoisotopic (exact) mass is 588 g/mol. The van der Waals surface area contributed by atoms with Crippen molar-refractivity contribution in [2.24, 2.45) is 0 Å². The van der Waals surface area contributed by atoms with Crippen LogP contribution in [0.1, 0.15) is 69.8 Å². The number of nitrogens with one attached hydrogen (secondary N) is 1. The zero-order chi connectivity index (χ0) is 30.2. The van der Waals surface area contributed by atoms with Crippen LogP contribution in [-0.2, 0) is 11.2 Å². The molecule has 2 amide bonds. The highest BCUT2D eigenvalue weighted by atomic mass is 32.1. The van der Waals surface area contributed by atoms with Crippen molar-refractivity contribution < 1.29 is 28.2 Å². The third kappa shape index (κ3) is 12.9. The minimum atomic E-state index is -0.684. The van der Waals surface area contributed by atoms with Crippen LogP contribution in [-0.4, -0.2) is 60.8 Å². The molecule has 3 rings (SSSR count). The lowest BCUT2D eigenvalue weighted by Crippen LogP contribution is -2.34. The van der Waals surface area contributed by atoms with Gasteiger partial charge in [-0.15, -0.1) is 11.3 Å². The molecule has 0 aliphatic heterocycles. The molecule has 0 saturated heterocycles. The molecular formula is C32H42F2N2O4S. The zero-order valence-electron chi connectivity index (χ0n) is 24.4. The Morgan fingerprint density at radius 2 is 1.59 bits per heavy atom. The summed E-state index contributed by atoms with van der Waals surface area (Å²) in [6.45, 7) is 10.2. The van der Waals surface area contributed by atoms with Gasteiger partial charge in [0.25, 0.3) is 11.8 Å². The van der Waals surface area contributed by atoms with Gasteiger partial charge in [0.1, 0.15) is 11.6 Å². The molecule has 1 heterocycles. The van der Waals surface area contributed by atoms with Crippen molar-refractivity contribution in [3.05, 3.63) is 92.7 Å². The van der Waals surface area contributed by atoms with E-state index in [-0.39, 0.29) is 18.4 Å². The topological polar surface area (TPSA) is 78.9 Å². The first-order valence-electron chi connectivity index (χ1n) is 14.0. The lowest BCUT2D eigenvalue weighted by molar-refractivity contribution is 0.0753. The van der Waals surface area contributed by atoms with Crippen LogP contribution in [0.5, 0.6) is 0 Å². The Kier molecular flexibility index (Phi) is 15.2. The molecule has 0 bridgehead atoms. The maximum absolute atomic E-state index is 12.9. The Balaban J connectivity index is 0.000000553. The summed E-state index contributed by atoms with van der Waals surface area (Å²) in [5.41, 5.74) is 2.42. The number of carbonyl (C=O) groups is 2. The van der Waals surface area contributed by atoms with E-state index in [9.17, 15) is 23.5 Å². The van der Waals surface area contributed by atoms with Crippen molar-refractivity contribution in [1.29, 1.82) is 0 Å². The molecule has 0 saturated carbocycles. The summed E-state index contributed by atoms with van der Waals surface area (Å²) >= 11 is 1.71. The normalized spacial score (nSPS) is 11.4. The molecule has 9 heteroatoms. The second-order valence-electron chi connectivity index (χ2n) is 9.92. The van der Waals surface area contributed by atoms with Gasteiger partial charge in [-0.25, -0.2) is 8.78 Å². The number of aliphatic hydroxyl groups is 1. The number of halogens is 2. The number of aryl methyl sites for hydroxylation is 2. The summed E-state index contributed by atoms with van der Waals surface area (Å²) in [6.07, 6.45) is 2.41. The second-order valence-corrected chi connectivity index (χ2v) is 11.0. The minimum Gasteiger partial charge on any atom is -0.391 e. The third-order valence-electron chi connectivity index (χ3n) is 6.03. The van der Waals surface area contributed by atoms with Crippen LogP contribution in [0, 0.1) is 25.5 Å². The number of carbonyl (C=O) groups excluding carboxylic acids is 2. The van der Waals surface area contributed by atoms with E-state index < -0.39 is 17.7 Å². The predicted molar refractivity (Wildman–Crippen MR) is 161 cm³/mol. The third-order valence-corrected chi connectivity index (χ3v) is 6.97. The quantitative estimate of drug-likeness (QED) is 0.216. The average molecular weight is 589 g/mol. The van der Waals surface area contributed by atoms with E-state index in [0.29, 0.717) is 49.4 Å². The fourth-order valence-electron chi connectivity index (χ4n) is 4.13. The number of nitrogens with zero attached hydrogens (tertiary/aromatic N) is 1. The number of rotatable bonds is 14. The molecule has 1 unspecified atom stereocenters. The van der Waals surface area contributed by atoms with Gasteiger partial charge in [-0.1, -0.05) is 19.9 Å². The fraction of sp³-hybridized carbons (Fsp3) is 0.438. The summed E-state index contributed by atoms with van der Waals surface area (Å²) in [5, 5.41) is 15.0. The maximum atomic E-state index is 12.9. The molecule has 1 atom stereocenters. The predicted octanol–water partition coefficient (Wildman–Crippen LogP) is 6.33. The number of ether oxygens (including phenoxy) is 1. The number of hydrogen-bond donors (Lipinski definition) is 2. The first kappa shape index (κ1) is 34.1. The minimum absolute atomic E-state index is 0.0498. The summed E-state index contributed by atoms with van der Waals surface area (Å²) in [6, 6.07) is 12.7.